The lowest BCUT2D eigenvalue weighted by molar-refractivity contribution is 0.476. The van der Waals surface area contributed by atoms with E-state index >= 15 is 0 Å². The number of aromatic hydroxyl groups is 1. The van der Waals surface area contributed by atoms with E-state index in [0.717, 1.165) is 22.7 Å². The first-order chi connectivity index (χ1) is 7.77. The molecule has 0 fully saturated rings. The van der Waals surface area contributed by atoms with Crippen LogP contribution in [0.4, 0.5) is 22.7 Å². The standard InChI is InChI=1S/C13H12N2O/c1-15-11-7-3-2-5-9(11)14-10-6-4-8-12(16)13(10)15/h2-8,14,16H,1H3. The molecule has 80 valence electrons. The van der Waals surface area contributed by atoms with Gasteiger partial charge in [-0.15, -0.1) is 0 Å². The third kappa shape index (κ3) is 1.15. The highest BCUT2D eigenvalue weighted by molar-refractivity contribution is 5.93. The monoisotopic (exact) mass is 212 g/mol. The molecule has 0 aliphatic carbocycles. The zero-order valence-corrected chi connectivity index (χ0v) is 8.94. The number of hydrogen-bond donors (Lipinski definition) is 2. The van der Waals surface area contributed by atoms with Crippen LogP contribution in [0.25, 0.3) is 0 Å². The fourth-order valence-electron chi connectivity index (χ4n) is 2.12. The number of phenols is 1. The van der Waals surface area contributed by atoms with Crippen LogP contribution in [0, 0.1) is 0 Å². The highest BCUT2D eigenvalue weighted by Crippen LogP contribution is 2.46. The molecule has 2 aromatic carbocycles. The first-order valence-electron chi connectivity index (χ1n) is 5.19. The molecule has 0 bridgehead atoms. The van der Waals surface area contributed by atoms with Crippen molar-refractivity contribution in [1.29, 1.82) is 0 Å². The average molecular weight is 212 g/mol. The molecule has 2 N–H and O–H groups in total. The Morgan fingerprint density at radius 1 is 1.00 bits per heavy atom. The van der Waals surface area contributed by atoms with Crippen molar-refractivity contribution in [1.82, 2.24) is 0 Å². The Balaban J connectivity index is 2.23. The predicted octanol–water partition coefficient (Wildman–Crippen LogP) is 3.22. The van der Waals surface area contributed by atoms with Gasteiger partial charge in [-0.25, -0.2) is 0 Å². The van der Waals surface area contributed by atoms with Crippen molar-refractivity contribution < 1.29 is 5.11 Å². The second kappa shape index (κ2) is 3.17. The number of hydrogen-bond acceptors (Lipinski definition) is 3. The molecular formula is C13H12N2O. The van der Waals surface area contributed by atoms with E-state index in [4.69, 9.17) is 0 Å². The summed E-state index contributed by atoms with van der Waals surface area (Å²) in [6.45, 7) is 0. The highest BCUT2D eigenvalue weighted by atomic mass is 16.3. The van der Waals surface area contributed by atoms with E-state index in [1.54, 1.807) is 6.07 Å². The molecule has 0 aromatic heterocycles. The van der Waals surface area contributed by atoms with Gasteiger partial charge in [-0.3, -0.25) is 0 Å². The van der Waals surface area contributed by atoms with E-state index in [0.29, 0.717) is 5.75 Å². The molecule has 3 rings (SSSR count). The molecule has 0 unspecified atom stereocenters. The van der Waals surface area contributed by atoms with Crippen LogP contribution in [-0.2, 0) is 0 Å². The summed E-state index contributed by atoms with van der Waals surface area (Å²) < 4.78 is 0. The lowest BCUT2D eigenvalue weighted by atomic mass is 10.1. The summed E-state index contributed by atoms with van der Waals surface area (Å²) in [4.78, 5) is 2.00. The van der Waals surface area contributed by atoms with E-state index < -0.39 is 0 Å². The molecule has 0 saturated heterocycles. The molecule has 0 saturated carbocycles. The van der Waals surface area contributed by atoms with Gasteiger partial charge in [0.15, 0.2) is 0 Å². The quantitative estimate of drug-likeness (QED) is 0.703. The number of phenolic OH excluding ortho intramolecular Hbond substituents is 1. The summed E-state index contributed by atoms with van der Waals surface area (Å²) in [5.41, 5.74) is 3.88. The minimum atomic E-state index is 0.294. The number of anilines is 4. The number of para-hydroxylation sites is 3. The number of nitrogens with zero attached hydrogens (tertiary/aromatic N) is 1. The van der Waals surface area contributed by atoms with E-state index in [1.165, 1.54) is 0 Å². The van der Waals surface area contributed by atoms with Crippen LogP contribution in [-0.4, -0.2) is 12.2 Å². The van der Waals surface area contributed by atoms with Crippen LogP contribution in [0.15, 0.2) is 42.5 Å². The van der Waals surface area contributed by atoms with Crippen molar-refractivity contribution in [2.45, 2.75) is 0 Å². The van der Waals surface area contributed by atoms with Crippen molar-refractivity contribution in [3.63, 3.8) is 0 Å². The molecule has 1 heterocycles. The minimum absolute atomic E-state index is 0.294. The van der Waals surface area contributed by atoms with Crippen molar-refractivity contribution in [2.24, 2.45) is 0 Å². The molecular weight excluding hydrogens is 200 g/mol. The zero-order valence-electron chi connectivity index (χ0n) is 8.94. The maximum absolute atomic E-state index is 9.87. The van der Waals surface area contributed by atoms with Gasteiger partial charge in [-0.05, 0) is 24.3 Å². The van der Waals surface area contributed by atoms with Gasteiger partial charge in [0.2, 0.25) is 0 Å². The fourth-order valence-corrected chi connectivity index (χ4v) is 2.12. The van der Waals surface area contributed by atoms with E-state index in [9.17, 15) is 5.11 Å². The predicted molar refractivity (Wildman–Crippen MR) is 65.9 cm³/mol. The Bertz CT molecular complexity index is 551. The van der Waals surface area contributed by atoms with Gasteiger partial charge in [-0.1, -0.05) is 18.2 Å². The molecule has 1 aliphatic heterocycles. The summed E-state index contributed by atoms with van der Waals surface area (Å²) in [7, 11) is 1.96. The van der Waals surface area contributed by atoms with Gasteiger partial charge < -0.3 is 15.3 Å². The first kappa shape index (κ1) is 9.09. The van der Waals surface area contributed by atoms with Crippen molar-refractivity contribution in [2.75, 3.05) is 17.3 Å². The number of benzene rings is 2. The number of nitrogens with one attached hydrogen (secondary N) is 1. The van der Waals surface area contributed by atoms with Crippen LogP contribution >= 0.6 is 0 Å². The summed E-state index contributed by atoms with van der Waals surface area (Å²) in [5.74, 6) is 0.294. The van der Waals surface area contributed by atoms with Crippen molar-refractivity contribution in [3.8, 4) is 5.75 Å². The summed E-state index contributed by atoms with van der Waals surface area (Å²) in [6, 6.07) is 13.5. The van der Waals surface area contributed by atoms with E-state index in [1.807, 2.05) is 48.3 Å². The third-order valence-electron chi connectivity index (χ3n) is 2.88. The van der Waals surface area contributed by atoms with Gasteiger partial charge in [-0.2, -0.15) is 0 Å². The van der Waals surface area contributed by atoms with Gasteiger partial charge >= 0.3 is 0 Å². The van der Waals surface area contributed by atoms with Crippen molar-refractivity contribution in [3.05, 3.63) is 42.5 Å². The Labute approximate surface area is 94.0 Å². The van der Waals surface area contributed by atoms with Crippen LogP contribution in [0.2, 0.25) is 0 Å². The normalized spacial score (nSPS) is 12.7. The van der Waals surface area contributed by atoms with Crippen LogP contribution in [0.5, 0.6) is 5.75 Å². The molecule has 0 atom stereocenters. The molecule has 3 nitrogen and oxygen atoms in total. The first-order valence-corrected chi connectivity index (χ1v) is 5.19. The molecule has 3 heteroatoms. The van der Waals surface area contributed by atoms with Gasteiger partial charge in [0.25, 0.3) is 0 Å². The van der Waals surface area contributed by atoms with Crippen LogP contribution < -0.4 is 10.2 Å². The summed E-state index contributed by atoms with van der Waals surface area (Å²) in [5, 5.41) is 13.2. The van der Waals surface area contributed by atoms with Crippen LogP contribution in [0.1, 0.15) is 0 Å². The highest BCUT2D eigenvalue weighted by Gasteiger charge is 2.21. The SMILES string of the molecule is CN1c2ccccc2Nc2cccc(O)c21. The van der Waals surface area contributed by atoms with Crippen LogP contribution in [0.3, 0.4) is 0 Å². The lowest BCUT2D eigenvalue weighted by Gasteiger charge is -2.31. The molecule has 16 heavy (non-hydrogen) atoms. The Morgan fingerprint density at radius 3 is 2.62 bits per heavy atom. The average Bonchev–Trinajstić information content (AvgIpc) is 2.29. The Morgan fingerprint density at radius 2 is 1.75 bits per heavy atom. The smallest absolute Gasteiger partial charge is 0.141 e. The minimum Gasteiger partial charge on any atom is -0.506 e. The third-order valence-corrected chi connectivity index (χ3v) is 2.88. The fraction of sp³-hybridized carbons (Fsp3) is 0.0769. The maximum atomic E-state index is 9.87. The molecule has 0 radical (unpaired) electrons. The number of fused-ring (bicyclic) bond motifs is 2. The van der Waals surface area contributed by atoms with E-state index in [-0.39, 0.29) is 0 Å². The maximum Gasteiger partial charge on any atom is 0.141 e. The topological polar surface area (TPSA) is 35.5 Å². The van der Waals surface area contributed by atoms with Gasteiger partial charge in [0, 0.05) is 7.05 Å². The van der Waals surface area contributed by atoms with E-state index in [2.05, 4.69) is 5.32 Å². The molecule has 0 amide bonds. The summed E-state index contributed by atoms with van der Waals surface area (Å²) >= 11 is 0. The zero-order chi connectivity index (χ0) is 11.1. The van der Waals surface area contributed by atoms with Crippen molar-refractivity contribution >= 4 is 22.7 Å². The molecule has 2 aromatic rings. The van der Waals surface area contributed by atoms with Gasteiger partial charge in [0.1, 0.15) is 11.4 Å². The Kier molecular flexibility index (Phi) is 1.80. The number of rotatable bonds is 0. The lowest BCUT2D eigenvalue weighted by Crippen LogP contribution is -2.17. The summed E-state index contributed by atoms with van der Waals surface area (Å²) in [6.07, 6.45) is 0. The second-order valence-corrected chi connectivity index (χ2v) is 3.87. The Hall–Kier alpha value is -2.16. The molecule has 0 spiro atoms. The van der Waals surface area contributed by atoms with Gasteiger partial charge in [0.05, 0.1) is 17.1 Å². The second-order valence-electron chi connectivity index (χ2n) is 3.87. The molecule has 1 aliphatic rings. The largest absolute Gasteiger partial charge is 0.506 e.